The lowest BCUT2D eigenvalue weighted by atomic mass is 10.3. The molecule has 1 aromatic rings. The predicted octanol–water partition coefficient (Wildman–Crippen LogP) is 0.711. The van der Waals surface area contributed by atoms with Gasteiger partial charge in [0.15, 0.2) is 0 Å². The summed E-state index contributed by atoms with van der Waals surface area (Å²) < 4.78 is 1.40. The van der Waals surface area contributed by atoms with Gasteiger partial charge in [-0.2, -0.15) is 0 Å². The number of hydrogen-bond acceptors (Lipinski definition) is 2. The van der Waals surface area contributed by atoms with Crippen LogP contribution < -0.4 is 5.32 Å². The van der Waals surface area contributed by atoms with Gasteiger partial charge in [-0.05, 0) is 26.0 Å². The van der Waals surface area contributed by atoms with E-state index in [1.807, 2.05) is 13.8 Å². The van der Waals surface area contributed by atoms with Crippen molar-refractivity contribution in [3.63, 3.8) is 0 Å². The Morgan fingerprint density at radius 1 is 1.53 bits per heavy atom. The highest BCUT2D eigenvalue weighted by molar-refractivity contribution is 5.93. The summed E-state index contributed by atoms with van der Waals surface area (Å²) in [4.78, 5) is 22.1. The smallest absolute Gasteiger partial charge is 0.323 e. The molecule has 0 radical (unpaired) electrons. The molecule has 2 N–H and O–H groups in total. The SMILES string of the molecule is CC(C)NC(=O)c1cccn1CC(=O)O. The van der Waals surface area contributed by atoms with Gasteiger partial charge in [0, 0.05) is 12.2 Å². The fraction of sp³-hybridized carbons (Fsp3) is 0.400. The van der Waals surface area contributed by atoms with Crippen LogP contribution in [-0.2, 0) is 11.3 Å². The number of carbonyl (C=O) groups is 2. The highest BCUT2D eigenvalue weighted by Gasteiger charge is 2.12. The molecule has 0 fully saturated rings. The van der Waals surface area contributed by atoms with Gasteiger partial charge in [-0.1, -0.05) is 0 Å². The molecule has 1 aromatic heterocycles. The Morgan fingerprint density at radius 2 is 2.20 bits per heavy atom. The monoisotopic (exact) mass is 210 g/mol. The summed E-state index contributed by atoms with van der Waals surface area (Å²) in [6, 6.07) is 3.28. The molecule has 0 aliphatic heterocycles. The number of aromatic nitrogens is 1. The number of amides is 1. The lowest BCUT2D eigenvalue weighted by Crippen LogP contribution is -2.32. The molecule has 0 aliphatic carbocycles. The minimum Gasteiger partial charge on any atom is -0.480 e. The molecule has 0 unspecified atom stereocenters. The largest absolute Gasteiger partial charge is 0.480 e. The van der Waals surface area contributed by atoms with Crippen LogP contribution in [0.5, 0.6) is 0 Å². The molecule has 15 heavy (non-hydrogen) atoms. The van der Waals surface area contributed by atoms with Gasteiger partial charge < -0.3 is 15.0 Å². The number of carboxylic acids is 1. The van der Waals surface area contributed by atoms with Gasteiger partial charge in [-0.3, -0.25) is 9.59 Å². The van der Waals surface area contributed by atoms with Gasteiger partial charge in [0.25, 0.3) is 5.91 Å². The number of rotatable bonds is 4. The van der Waals surface area contributed by atoms with Crippen LogP contribution in [0.1, 0.15) is 24.3 Å². The normalized spacial score (nSPS) is 10.3. The van der Waals surface area contributed by atoms with Crippen molar-refractivity contribution in [3.8, 4) is 0 Å². The van der Waals surface area contributed by atoms with E-state index >= 15 is 0 Å². The molecule has 0 saturated heterocycles. The van der Waals surface area contributed by atoms with Gasteiger partial charge in [0.2, 0.25) is 0 Å². The number of aliphatic carboxylic acids is 1. The van der Waals surface area contributed by atoms with E-state index in [9.17, 15) is 9.59 Å². The summed E-state index contributed by atoms with van der Waals surface area (Å²) in [5.74, 6) is -1.22. The van der Waals surface area contributed by atoms with Crippen molar-refractivity contribution in [1.29, 1.82) is 0 Å². The number of nitrogens with zero attached hydrogens (tertiary/aromatic N) is 1. The highest BCUT2D eigenvalue weighted by atomic mass is 16.4. The second kappa shape index (κ2) is 4.63. The molecule has 0 saturated carbocycles. The van der Waals surface area contributed by atoms with Gasteiger partial charge in [-0.15, -0.1) is 0 Å². The van der Waals surface area contributed by atoms with Crippen LogP contribution in [-0.4, -0.2) is 27.6 Å². The lowest BCUT2D eigenvalue weighted by Gasteiger charge is -2.10. The molecule has 1 amide bonds. The Kier molecular flexibility index (Phi) is 3.49. The van der Waals surface area contributed by atoms with Crippen molar-refractivity contribution >= 4 is 11.9 Å². The molecular weight excluding hydrogens is 196 g/mol. The molecule has 0 atom stereocenters. The van der Waals surface area contributed by atoms with E-state index < -0.39 is 5.97 Å². The zero-order valence-corrected chi connectivity index (χ0v) is 8.73. The first-order chi connectivity index (χ1) is 7.00. The van der Waals surface area contributed by atoms with Gasteiger partial charge in [-0.25, -0.2) is 0 Å². The summed E-state index contributed by atoms with van der Waals surface area (Å²) >= 11 is 0. The van der Waals surface area contributed by atoms with Crippen molar-refractivity contribution in [2.75, 3.05) is 0 Å². The average Bonchev–Trinajstić information content (AvgIpc) is 2.49. The second-order valence-electron chi connectivity index (χ2n) is 3.54. The van der Waals surface area contributed by atoms with Crippen LogP contribution in [0, 0.1) is 0 Å². The standard InChI is InChI=1S/C10H14N2O3/c1-7(2)11-10(15)8-4-3-5-12(8)6-9(13)14/h3-5,7H,6H2,1-2H3,(H,11,15)(H,13,14). The Labute approximate surface area is 87.7 Å². The summed E-state index contributed by atoms with van der Waals surface area (Å²) in [6.07, 6.45) is 1.57. The van der Waals surface area contributed by atoms with Crippen molar-refractivity contribution < 1.29 is 14.7 Å². The third kappa shape index (κ3) is 3.12. The Bertz CT molecular complexity index is 368. The average molecular weight is 210 g/mol. The Balaban J connectivity index is 2.80. The Hall–Kier alpha value is -1.78. The molecule has 1 heterocycles. The maximum atomic E-state index is 11.6. The van der Waals surface area contributed by atoms with Crippen molar-refractivity contribution in [2.24, 2.45) is 0 Å². The molecule has 82 valence electrons. The van der Waals surface area contributed by atoms with E-state index in [2.05, 4.69) is 5.32 Å². The van der Waals surface area contributed by atoms with E-state index in [0.29, 0.717) is 5.69 Å². The van der Waals surface area contributed by atoms with E-state index in [-0.39, 0.29) is 18.5 Å². The highest BCUT2D eigenvalue weighted by Crippen LogP contribution is 2.02. The van der Waals surface area contributed by atoms with E-state index in [1.54, 1.807) is 18.3 Å². The molecule has 0 aliphatic rings. The third-order valence-corrected chi connectivity index (χ3v) is 1.79. The molecule has 1 rings (SSSR count). The van der Waals surface area contributed by atoms with Crippen molar-refractivity contribution in [2.45, 2.75) is 26.4 Å². The van der Waals surface area contributed by atoms with E-state index in [4.69, 9.17) is 5.11 Å². The van der Waals surface area contributed by atoms with Crippen LogP contribution in [0.2, 0.25) is 0 Å². The minimum absolute atomic E-state index is 0.0330. The van der Waals surface area contributed by atoms with Crippen LogP contribution >= 0.6 is 0 Å². The van der Waals surface area contributed by atoms with Gasteiger partial charge in [0.1, 0.15) is 12.2 Å². The molecule has 0 aromatic carbocycles. The fourth-order valence-electron chi connectivity index (χ4n) is 1.24. The second-order valence-corrected chi connectivity index (χ2v) is 3.54. The number of hydrogen-bond donors (Lipinski definition) is 2. The summed E-state index contributed by atoms with van der Waals surface area (Å²) in [5, 5.41) is 11.3. The zero-order chi connectivity index (χ0) is 11.4. The number of nitrogens with one attached hydrogen (secondary N) is 1. The fourth-order valence-corrected chi connectivity index (χ4v) is 1.24. The Morgan fingerprint density at radius 3 is 2.73 bits per heavy atom. The zero-order valence-electron chi connectivity index (χ0n) is 8.73. The van der Waals surface area contributed by atoms with Gasteiger partial charge in [0.05, 0.1) is 0 Å². The first-order valence-electron chi connectivity index (χ1n) is 4.68. The quantitative estimate of drug-likeness (QED) is 0.768. The van der Waals surface area contributed by atoms with Crippen LogP contribution in [0.15, 0.2) is 18.3 Å². The molecule has 5 heteroatoms. The van der Waals surface area contributed by atoms with Crippen molar-refractivity contribution in [1.82, 2.24) is 9.88 Å². The molecule has 0 spiro atoms. The first kappa shape index (κ1) is 11.3. The predicted molar refractivity (Wildman–Crippen MR) is 54.7 cm³/mol. The maximum absolute atomic E-state index is 11.6. The van der Waals surface area contributed by atoms with Crippen molar-refractivity contribution in [3.05, 3.63) is 24.0 Å². The van der Waals surface area contributed by atoms with Crippen LogP contribution in [0.4, 0.5) is 0 Å². The summed E-state index contributed by atoms with van der Waals surface area (Å²) in [5.41, 5.74) is 0.367. The first-order valence-corrected chi connectivity index (χ1v) is 4.68. The van der Waals surface area contributed by atoms with Crippen LogP contribution in [0.25, 0.3) is 0 Å². The number of carbonyl (C=O) groups excluding carboxylic acids is 1. The summed E-state index contributed by atoms with van der Waals surface area (Å²) in [6.45, 7) is 3.50. The van der Waals surface area contributed by atoms with Gasteiger partial charge >= 0.3 is 5.97 Å². The van der Waals surface area contributed by atoms with Crippen LogP contribution in [0.3, 0.4) is 0 Å². The molecule has 0 bridgehead atoms. The molecule has 5 nitrogen and oxygen atoms in total. The number of carboxylic acid groups (broad SMARTS) is 1. The minimum atomic E-state index is -0.968. The van der Waals surface area contributed by atoms with E-state index in [1.165, 1.54) is 4.57 Å². The van der Waals surface area contributed by atoms with E-state index in [0.717, 1.165) is 0 Å². The lowest BCUT2D eigenvalue weighted by molar-refractivity contribution is -0.137. The summed E-state index contributed by atoms with van der Waals surface area (Å²) in [7, 11) is 0. The third-order valence-electron chi connectivity index (χ3n) is 1.79. The molecular formula is C10H14N2O3. The topological polar surface area (TPSA) is 71.3 Å². The maximum Gasteiger partial charge on any atom is 0.323 e.